The van der Waals surface area contributed by atoms with Gasteiger partial charge in [-0.25, -0.2) is 4.98 Å². The normalized spacial score (nSPS) is 10.3. The zero-order valence-electron chi connectivity index (χ0n) is 14.2. The molecule has 3 aromatic rings. The van der Waals surface area contributed by atoms with E-state index in [1.54, 1.807) is 0 Å². The topological polar surface area (TPSA) is 78.8 Å². The van der Waals surface area contributed by atoms with Gasteiger partial charge in [0.05, 0.1) is 5.69 Å². The number of thioether (sulfide) groups is 1. The number of rotatable bonds is 6. The van der Waals surface area contributed by atoms with Crippen LogP contribution in [0.4, 0.5) is 0 Å². The van der Waals surface area contributed by atoms with Crippen molar-refractivity contribution in [2.24, 2.45) is 0 Å². The molecule has 130 valence electrons. The van der Waals surface area contributed by atoms with E-state index < -0.39 is 5.56 Å². The predicted molar refractivity (Wildman–Crippen MR) is 102 cm³/mol. The number of aromatic nitrogens is 2. The van der Waals surface area contributed by atoms with Crippen molar-refractivity contribution in [1.29, 1.82) is 5.26 Å². The predicted octanol–water partition coefficient (Wildman–Crippen LogP) is 4.00. The molecule has 0 amide bonds. The van der Waals surface area contributed by atoms with Gasteiger partial charge in [0.15, 0.2) is 5.16 Å². The van der Waals surface area contributed by atoms with E-state index in [1.807, 2.05) is 67.6 Å². The fraction of sp³-hybridized carbons (Fsp3) is 0.150. The van der Waals surface area contributed by atoms with Crippen LogP contribution in [0.3, 0.4) is 0 Å². The number of ether oxygens (including phenoxy) is 1. The first-order valence-corrected chi connectivity index (χ1v) is 9.14. The average molecular weight is 363 g/mol. The molecule has 0 spiro atoms. The summed E-state index contributed by atoms with van der Waals surface area (Å²) in [7, 11) is 0. The van der Waals surface area contributed by atoms with Gasteiger partial charge in [0.25, 0.3) is 5.56 Å². The Hall–Kier alpha value is -3.04. The van der Waals surface area contributed by atoms with E-state index in [1.165, 1.54) is 11.8 Å². The van der Waals surface area contributed by atoms with Crippen LogP contribution in [-0.4, -0.2) is 15.7 Å². The highest BCUT2D eigenvalue weighted by atomic mass is 32.2. The van der Waals surface area contributed by atoms with E-state index in [9.17, 15) is 10.1 Å². The molecule has 1 heterocycles. The summed E-state index contributed by atoms with van der Waals surface area (Å²) in [4.78, 5) is 19.2. The Kier molecular flexibility index (Phi) is 5.72. The number of aromatic amines is 1. The van der Waals surface area contributed by atoms with Crippen LogP contribution in [0, 0.1) is 11.3 Å². The quantitative estimate of drug-likeness (QED) is 0.529. The zero-order valence-corrected chi connectivity index (χ0v) is 15.0. The van der Waals surface area contributed by atoms with Crippen molar-refractivity contribution in [2.45, 2.75) is 18.7 Å². The summed E-state index contributed by atoms with van der Waals surface area (Å²) in [6, 6.07) is 19.1. The molecule has 2 aromatic carbocycles. The van der Waals surface area contributed by atoms with E-state index in [4.69, 9.17) is 4.74 Å². The summed E-state index contributed by atoms with van der Waals surface area (Å²) < 4.78 is 5.77. The molecule has 6 heteroatoms. The maximum Gasteiger partial charge on any atom is 0.270 e. The second-order valence-electron chi connectivity index (χ2n) is 5.44. The molecule has 0 unspecified atom stereocenters. The van der Waals surface area contributed by atoms with Gasteiger partial charge in [-0.05, 0) is 35.6 Å². The molecular weight excluding hydrogens is 346 g/mol. The van der Waals surface area contributed by atoms with Gasteiger partial charge in [-0.1, -0.05) is 49.0 Å². The Morgan fingerprint density at radius 3 is 2.54 bits per heavy atom. The smallest absolute Gasteiger partial charge is 0.270 e. The molecule has 0 aliphatic rings. The third-order valence-electron chi connectivity index (χ3n) is 3.67. The standard InChI is InChI=1S/C20H17N3O2S/c1-2-26-20-22-18(17(12-21)19(24)23-20)15-8-10-16(11-9-15)25-13-14-6-4-3-5-7-14/h3-11H,2,13H2,1H3,(H,22,23,24). The summed E-state index contributed by atoms with van der Waals surface area (Å²) >= 11 is 1.43. The van der Waals surface area contributed by atoms with Gasteiger partial charge in [-0.2, -0.15) is 5.26 Å². The zero-order chi connectivity index (χ0) is 18.4. The summed E-state index contributed by atoms with van der Waals surface area (Å²) in [6.07, 6.45) is 0. The highest BCUT2D eigenvalue weighted by molar-refractivity contribution is 7.99. The van der Waals surface area contributed by atoms with Crippen LogP contribution in [0.25, 0.3) is 11.3 Å². The fourth-order valence-electron chi connectivity index (χ4n) is 2.42. The molecule has 0 fully saturated rings. The van der Waals surface area contributed by atoms with E-state index in [-0.39, 0.29) is 5.56 Å². The Labute approximate surface area is 155 Å². The van der Waals surface area contributed by atoms with Gasteiger partial charge in [0.1, 0.15) is 24.0 Å². The lowest BCUT2D eigenvalue weighted by molar-refractivity contribution is 0.306. The van der Waals surface area contributed by atoms with Gasteiger partial charge >= 0.3 is 0 Å². The third kappa shape index (κ3) is 4.13. The van der Waals surface area contributed by atoms with Gasteiger partial charge in [-0.15, -0.1) is 0 Å². The van der Waals surface area contributed by atoms with E-state index in [0.29, 0.717) is 28.8 Å². The lowest BCUT2D eigenvalue weighted by Gasteiger charge is -2.09. The summed E-state index contributed by atoms with van der Waals surface area (Å²) in [6.45, 7) is 2.45. The van der Waals surface area contributed by atoms with Crippen LogP contribution in [0.5, 0.6) is 5.75 Å². The number of nitrogens with one attached hydrogen (secondary N) is 1. The molecule has 0 saturated heterocycles. The minimum absolute atomic E-state index is 0.0170. The van der Waals surface area contributed by atoms with Crippen LogP contribution in [0.1, 0.15) is 18.1 Å². The minimum Gasteiger partial charge on any atom is -0.489 e. The maximum atomic E-state index is 12.1. The lowest BCUT2D eigenvalue weighted by Crippen LogP contribution is -2.14. The number of nitriles is 1. The van der Waals surface area contributed by atoms with Crippen LogP contribution in [0.15, 0.2) is 64.5 Å². The average Bonchev–Trinajstić information content (AvgIpc) is 2.67. The molecule has 1 N–H and O–H groups in total. The lowest BCUT2D eigenvalue weighted by atomic mass is 10.1. The van der Waals surface area contributed by atoms with Crippen LogP contribution < -0.4 is 10.3 Å². The molecule has 1 aromatic heterocycles. The van der Waals surface area contributed by atoms with Crippen molar-refractivity contribution >= 4 is 11.8 Å². The Bertz CT molecular complexity index is 977. The summed E-state index contributed by atoms with van der Waals surface area (Å²) in [5.74, 6) is 1.49. The van der Waals surface area contributed by atoms with Gasteiger partial charge < -0.3 is 9.72 Å². The van der Waals surface area contributed by atoms with Crippen LogP contribution in [-0.2, 0) is 6.61 Å². The maximum absolute atomic E-state index is 12.1. The Morgan fingerprint density at radius 1 is 1.15 bits per heavy atom. The van der Waals surface area contributed by atoms with Gasteiger partial charge in [-0.3, -0.25) is 4.79 Å². The van der Waals surface area contributed by atoms with Crippen molar-refractivity contribution < 1.29 is 4.74 Å². The second kappa shape index (κ2) is 8.37. The first-order valence-electron chi connectivity index (χ1n) is 8.15. The molecule has 0 aliphatic carbocycles. The Balaban J connectivity index is 1.84. The van der Waals surface area contributed by atoms with Crippen molar-refractivity contribution in [3.8, 4) is 23.1 Å². The molecule has 26 heavy (non-hydrogen) atoms. The molecule has 0 aliphatic heterocycles. The minimum atomic E-state index is -0.419. The first-order chi connectivity index (χ1) is 12.7. The molecule has 0 radical (unpaired) electrons. The number of hydrogen-bond donors (Lipinski definition) is 1. The SMILES string of the molecule is CCSc1nc(-c2ccc(OCc3ccccc3)cc2)c(C#N)c(=O)[nH]1. The third-order valence-corrected chi connectivity index (χ3v) is 4.42. The van der Waals surface area contributed by atoms with Crippen molar-refractivity contribution in [3.05, 3.63) is 76.1 Å². The number of benzene rings is 2. The van der Waals surface area contributed by atoms with E-state index in [2.05, 4.69) is 9.97 Å². The highest BCUT2D eigenvalue weighted by Gasteiger charge is 2.13. The van der Waals surface area contributed by atoms with Crippen LogP contribution in [0.2, 0.25) is 0 Å². The Morgan fingerprint density at radius 2 is 1.88 bits per heavy atom. The van der Waals surface area contributed by atoms with Gasteiger partial charge in [0, 0.05) is 5.56 Å². The number of hydrogen-bond acceptors (Lipinski definition) is 5. The van der Waals surface area contributed by atoms with Gasteiger partial charge in [0.2, 0.25) is 0 Å². The second-order valence-corrected chi connectivity index (χ2v) is 6.69. The molecule has 0 bridgehead atoms. The first kappa shape index (κ1) is 17.8. The van der Waals surface area contributed by atoms with E-state index >= 15 is 0 Å². The molecule has 3 rings (SSSR count). The van der Waals surface area contributed by atoms with E-state index in [0.717, 1.165) is 11.3 Å². The van der Waals surface area contributed by atoms with Crippen molar-refractivity contribution in [2.75, 3.05) is 5.75 Å². The largest absolute Gasteiger partial charge is 0.489 e. The van der Waals surface area contributed by atoms with Crippen LogP contribution >= 0.6 is 11.8 Å². The monoisotopic (exact) mass is 363 g/mol. The number of H-pyrrole nitrogens is 1. The van der Waals surface area contributed by atoms with Crippen molar-refractivity contribution in [1.82, 2.24) is 9.97 Å². The molecule has 0 atom stereocenters. The summed E-state index contributed by atoms with van der Waals surface area (Å²) in [5, 5.41) is 9.81. The summed E-state index contributed by atoms with van der Waals surface area (Å²) in [5.41, 5.74) is 1.78. The molecule has 0 saturated carbocycles. The highest BCUT2D eigenvalue weighted by Crippen LogP contribution is 2.24. The van der Waals surface area contributed by atoms with Crippen molar-refractivity contribution in [3.63, 3.8) is 0 Å². The molecule has 5 nitrogen and oxygen atoms in total. The number of nitrogens with zero attached hydrogens (tertiary/aromatic N) is 2. The molecular formula is C20H17N3O2S. The fourth-order valence-corrected chi connectivity index (χ4v) is 3.01.